The van der Waals surface area contributed by atoms with E-state index in [9.17, 15) is 9.90 Å². The smallest absolute Gasteiger partial charge is 0.410 e. The SMILES string of the molecule is CC(C1CCN(C2CC(OC3CCN(C(=O)OC(C)(C)C)CC3)C2)CC1)n1cc(C#Cc2cc(-c3ccccc3O)nnc2N)cn1. The van der Waals surface area contributed by atoms with Gasteiger partial charge in [0.1, 0.15) is 11.4 Å². The van der Waals surface area contributed by atoms with Gasteiger partial charge in [-0.3, -0.25) is 4.68 Å². The lowest BCUT2D eigenvalue weighted by Crippen LogP contribution is -2.52. The molecule has 3 N–H and O–H groups in total. The largest absolute Gasteiger partial charge is 0.507 e. The molecule has 1 unspecified atom stereocenters. The Balaban J connectivity index is 0.940. The number of para-hydroxylation sites is 1. The highest BCUT2D eigenvalue weighted by Gasteiger charge is 2.39. The molecule has 4 heterocycles. The van der Waals surface area contributed by atoms with Crippen LogP contribution >= 0.6 is 0 Å². The highest BCUT2D eigenvalue weighted by molar-refractivity contribution is 5.69. The maximum Gasteiger partial charge on any atom is 0.410 e. The van der Waals surface area contributed by atoms with Crippen molar-refractivity contribution in [2.45, 2.75) is 96.1 Å². The summed E-state index contributed by atoms with van der Waals surface area (Å²) in [5.41, 5.74) is 8.05. The third kappa shape index (κ3) is 8.06. The molecular formula is C36H47N7O4. The predicted molar refractivity (Wildman–Crippen MR) is 179 cm³/mol. The van der Waals surface area contributed by atoms with Crippen LogP contribution in [-0.2, 0) is 9.47 Å². The standard InChI is InChI=1S/C36H47N7O4/c1-24(43-23-25(22-38-43)9-10-27-19-32(39-40-34(27)37)31-7-5-6-8-33(31)44)26-11-15-41(16-12-26)28-20-30(21-28)46-29-13-17-42(18-14-29)35(45)47-36(2,3)4/h5-8,19,22-24,26,28-30,44H,11-18,20-21H2,1-4H3,(H2,37,40). The molecule has 3 fully saturated rings. The Morgan fingerprint density at radius 1 is 1.02 bits per heavy atom. The maximum atomic E-state index is 12.3. The maximum absolute atomic E-state index is 12.3. The number of piperidine rings is 2. The van der Waals surface area contributed by atoms with Gasteiger partial charge in [0, 0.05) is 30.9 Å². The van der Waals surface area contributed by atoms with Crippen molar-refractivity contribution in [3.05, 3.63) is 53.9 Å². The fraction of sp³-hybridized carbons (Fsp3) is 0.556. The number of aromatic hydroxyl groups is 1. The third-order valence-corrected chi connectivity index (χ3v) is 9.68. The van der Waals surface area contributed by atoms with Gasteiger partial charge in [0.15, 0.2) is 5.82 Å². The third-order valence-electron chi connectivity index (χ3n) is 9.68. The highest BCUT2D eigenvalue weighted by Crippen LogP contribution is 2.36. The van der Waals surface area contributed by atoms with Crippen LogP contribution in [0, 0.1) is 17.8 Å². The molecule has 11 nitrogen and oxygen atoms in total. The number of anilines is 1. The van der Waals surface area contributed by atoms with Crippen molar-refractivity contribution in [1.82, 2.24) is 29.8 Å². The zero-order valence-corrected chi connectivity index (χ0v) is 27.9. The molecule has 1 saturated carbocycles. The van der Waals surface area contributed by atoms with E-state index in [1.165, 1.54) is 0 Å². The number of amides is 1. The summed E-state index contributed by atoms with van der Waals surface area (Å²) in [7, 11) is 0. The Morgan fingerprint density at radius 3 is 2.45 bits per heavy atom. The number of phenols is 1. The number of hydrogen-bond donors (Lipinski definition) is 2. The number of rotatable bonds is 6. The van der Waals surface area contributed by atoms with Gasteiger partial charge in [0.25, 0.3) is 0 Å². The van der Waals surface area contributed by atoms with E-state index in [4.69, 9.17) is 15.2 Å². The van der Waals surface area contributed by atoms with Crippen molar-refractivity contribution in [2.24, 2.45) is 5.92 Å². The van der Waals surface area contributed by atoms with E-state index in [0.717, 1.165) is 57.2 Å². The molecule has 2 aromatic heterocycles. The van der Waals surface area contributed by atoms with E-state index >= 15 is 0 Å². The van der Waals surface area contributed by atoms with Gasteiger partial charge in [0.2, 0.25) is 0 Å². The summed E-state index contributed by atoms with van der Waals surface area (Å²) in [4.78, 5) is 16.8. The van der Waals surface area contributed by atoms with Gasteiger partial charge in [-0.25, -0.2) is 4.79 Å². The molecule has 1 aromatic carbocycles. The van der Waals surface area contributed by atoms with Crippen LogP contribution in [0.25, 0.3) is 11.3 Å². The Morgan fingerprint density at radius 2 is 1.74 bits per heavy atom. The molecule has 3 aliphatic rings. The number of aromatic nitrogens is 4. The summed E-state index contributed by atoms with van der Waals surface area (Å²) in [6.07, 6.45) is 10.4. The van der Waals surface area contributed by atoms with Crippen LogP contribution < -0.4 is 5.73 Å². The molecule has 6 rings (SSSR count). The first-order chi connectivity index (χ1) is 22.5. The summed E-state index contributed by atoms with van der Waals surface area (Å²) in [6, 6.07) is 9.61. The van der Waals surface area contributed by atoms with Crippen molar-refractivity contribution >= 4 is 11.9 Å². The lowest BCUT2D eigenvalue weighted by Gasteiger charge is -2.47. The van der Waals surface area contributed by atoms with Crippen LogP contribution in [0.4, 0.5) is 10.6 Å². The Kier molecular flexibility index (Phi) is 9.71. The zero-order valence-electron chi connectivity index (χ0n) is 27.9. The number of phenolic OH excluding ortho intramolecular Hbond substituents is 1. The minimum atomic E-state index is -0.465. The van der Waals surface area contributed by atoms with Gasteiger partial charge in [0.05, 0.1) is 41.3 Å². The Labute approximate surface area is 277 Å². The van der Waals surface area contributed by atoms with E-state index in [1.54, 1.807) is 30.5 Å². The molecule has 47 heavy (non-hydrogen) atoms. The van der Waals surface area contributed by atoms with Gasteiger partial charge in [-0.1, -0.05) is 24.0 Å². The normalized spacial score (nSPS) is 21.8. The number of likely N-dealkylation sites (tertiary alicyclic amines) is 2. The van der Waals surface area contributed by atoms with Crippen molar-refractivity contribution < 1.29 is 19.4 Å². The van der Waals surface area contributed by atoms with Crippen LogP contribution in [0.15, 0.2) is 42.7 Å². The van der Waals surface area contributed by atoms with Crippen molar-refractivity contribution in [1.29, 1.82) is 0 Å². The van der Waals surface area contributed by atoms with Crippen LogP contribution in [0.3, 0.4) is 0 Å². The second-order valence-electron chi connectivity index (χ2n) is 14.2. The number of ether oxygens (including phenoxy) is 2. The molecule has 250 valence electrons. The van der Waals surface area contributed by atoms with Gasteiger partial charge in [-0.05, 0) is 103 Å². The minimum absolute atomic E-state index is 0.128. The van der Waals surface area contributed by atoms with Crippen LogP contribution in [0.5, 0.6) is 5.75 Å². The van der Waals surface area contributed by atoms with Gasteiger partial charge in [-0.15, -0.1) is 10.2 Å². The fourth-order valence-electron chi connectivity index (χ4n) is 6.79. The van der Waals surface area contributed by atoms with Crippen molar-refractivity contribution in [3.63, 3.8) is 0 Å². The molecular weight excluding hydrogens is 594 g/mol. The molecule has 0 radical (unpaired) electrons. The topological polar surface area (TPSA) is 132 Å². The van der Waals surface area contributed by atoms with Crippen LogP contribution in [0.1, 0.15) is 83.4 Å². The lowest BCUT2D eigenvalue weighted by molar-refractivity contribution is -0.107. The Bertz CT molecular complexity index is 1600. The monoisotopic (exact) mass is 641 g/mol. The number of nitrogens with two attached hydrogens (primary N) is 1. The van der Waals surface area contributed by atoms with E-state index in [-0.39, 0.29) is 29.8 Å². The van der Waals surface area contributed by atoms with Crippen LogP contribution in [-0.4, -0.2) is 91.0 Å². The van der Waals surface area contributed by atoms with Gasteiger partial charge < -0.3 is 30.1 Å². The molecule has 1 atom stereocenters. The average Bonchev–Trinajstić information content (AvgIpc) is 3.51. The van der Waals surface area contributed by atoms with Gasteiger partial charge in [-0.2, -0.15) is 5.10 Å². The van der Waals surface area contributed by atoms with Crippen molar-refractivity contribution in [3.8, 4) is 28.8 Å². The molecule has 3 aromatic rings. The number of carbonyl (C=O) groups is 1. The molecule has 2 saturated heterocycles. The number of benzene rings is 1. The summed E-state index contributed by atoms with van der Waals surface area (Å²) >= 11 is 0. The summed E-state index contributed by atoms with van der Waals surface area (Å²) in [5.74, 6) is 7.21. The molecule has 1 amide bonds. The summed E-state index contributed by atoms with van der Waals surface area (Å²) in [5, 5.41) is 23.0. The summed E-state index contributed by atoms with van der Waals surface area (Å²) in [6.45, 7) is 11.6. The first-order valence-corrected chi connectivity index (χ1v) is 16.9. The second kappa shape index (κ2) is 13.9. The van der Waals surface area contributed by atoms with E-state index in [2.05, 4.69) is 39.0 Å². The Hall–Kier alpha value is -4.14. The first-order valence-electron chi connectivity index (χ1n) is 16.9. The molecule has 1 aliphatic carbocycles. The number of nitrogens with zero attached hydrogens (tertiary/aromatic N) is 6. The number of hydrogen-bond acceptors (Lipinski definition) is 9. The molecule has 2 aliphatic heterocycles. The van der Waals surface area contributed by atoms with Crippen molar-refractivity contribution in [2.75, 3.05) is 31.9 Å². The van der Waals surface area contributed by atoms with Crippen LogP contribution in [0.2, 0.25) is 0 Å². The quantitative estimate of drug-likeness (QED) is 0.347. The second-order valence-corrected chi connectivity index (χ2v) is 14.2. The molecule has 0 bridgehead atoms. The highest BCUT2D eigenvalue weighted by atomic mass is 16.6. The summed E-state index contributed by atoms with van der Waals surface area (Å²) < 4.78 is 14.0. The molecule has 11 heteroatoms. The van der Waals surface area contributed by atoms with E-state index < -0.39 is 5.60 Å². The first kappa shape index (κ1) is 32.8. The lowest BCUT2D eigenvalue weighted by atomic mass is 9.83. The van der Waals surface area contributed by atoms with Gasteiger partial charge >= 0.3 is 6.09 Å². The minimum Gasteiger partial charge on any atom is -0.507 e. The number of nitrogen functional groups attached to an aromatic ring is 1. The fourth-order valence-corrected chi connectivity index (χ4v) is 6.79. The zero-order chi connectivity index (χ0) is 33.1. The van der Waals surface area contributed by atoms with E-state index in [1.807, 2.05) is 42.6 Å². The molecule has 0 spiro atoms. The van der Waals surface area contributed by atoms with E-state index in [0.29, 0.717) is 48.0 Å². The average molecular weight is 642 g/mol. The number of carbonyl (C=O) groups excluding carboxylic acids is 1. The predicted octanol–water partition coefficient (Wildman–Crippen LogP) is 5.25.